The average Bonchev–Trinajstić information content (AvgIpc) is 3.44. The van der Waals surface area contributed by atoms with Crippen molar-refractivity contribution < 1.29 is 24.0 Å². The number of carbonyl (C=O) groups is 3. The van der Waals surface area contributed by atoms with Crippen molar-refractivity contribution in [3.05, 3.63) is 88.9 Å². The van der Waals surface area contributed by atoms with Gasteiger partial charge in [0.25, 0.3) is 11.8 Å². The normalized spacial score (nSPS) is 18.3. The number of esters is 1. The Morgan fingerprint density at radius 3 is 2.41 bits per heavy atom. The highest BCUT2D eigenvalue weighted by Gasteiger charge is 2.55. The van der Waals surface area contributed by atoms with Gasteiger partial charge in [-0.25, -0.2) is 4.79 Å². The minimum atomic E-state index is -0.962. The zero-order chi connectivity index (χ0) is 28.9. The number of β-lactam (4-membered cyclic amide) rings is 1. The molecule has 3 heterocycles. The van der Waals surface area contributed by atoms with E-state index < -0.39 is 35.3 Å². The second-order valence-corrected chi connectivity index (χ2v) is 10.6. The van der Waals surface area contributed by atoms with Gasteiger partial charge in [-0.2, -0.15) is 9.36 Å². The van der Waals surface area contributed by atoms with Crippen LogP contribution in [0.15, 0.2) is 77.1 Å². The smallest absolute Gasteiger partial charge is 0.357 e. The number of nitrogens with one attached hydrogen (secondary N) is 1. The van der Waals surface area contributed by atoms with Gasteiger partial charge in [-0.3, -0.25) is 14.5 Å². The Hall–Kier alpha value is -4.67. The number of thioether (sulfide) groups is 1. The van der Waals surface area contributed by atoms with E-state index in [4.69, 9.17) is 21.7 Å². The number of nitrogen functional groups attached to an aromatic ring is 1. The highest BCUT2D eigenvalue weighted by molar-refractivity contribution is 8.00. The van der Waals surface area contributed by atoms with E-state index >= 15 is 0 Å². The molecule has 3 N–H and O–H groups in total. The van der Waals surface area contributed by atoms with Crippen molar-refractivity contribution in [2.45, 2.75) is 24.4 Å². The van der Waals surface area contributed by atoms with Gasteiger partial charge in [0.1, 0.15) is 23.7 Å². The number of carbonyl (C=O) groups excluding carboxylic acids is 3. The molecular formula is C28H24N6O5S2. The molecule has 2 aliphatic rings. The fourth-order valence-corrected chi connectivity index (χ4v) is 6.05. The molecular weight excluding hydrogens is 564 g/mol. The maximum atomic E-state index is 13.7. The molecule has 208 valence electrons. The number of rotatable bonds is 9. The van der Waals surface area contributed by atoms with Crippen molar-refractivity contribution in [3.8, 4) is 12.3 Å². The standard InChI is InChI=1S/C28H24N6O5S2/c1-3-16-15-40-26-20(30-24(35)19(32-38-4-2)23-31-28(29)41-33-23)25(36)34(26)21(16)27(37)39-22(17-11-7-5-8-12-17)18-13-9-6-10-14-18/h1,5-14,20,22,26H,4,15H2,2H3,(H,30,35)(H2,29,31,33)/b32-19-/t20-,26-/m1/s1. The van der Waals surface area contributed by atoms with E-state index in [2.05, 4.69) is 25.8 Å². The summed E-state index contributed by atoms with van der Waals surface area (Å²) in [5, 5.41) is 6.02. The number of amides is 2. The quantitative estimate of drug-likeness (QED) is 0.126. The van der Waals surface area contributed by atoms with Gasteiger partial charge in [0.2, 0.25) is 11.5 Å². The first-order valence-electron chi connectivity index (χ1n) is 12.5. The van der Waals surface area contributed by atoms with Gasteiger partial charge < -0.3 is 20.6 Å². The summed E-state index contributed by atoms with van der Waals surface area (Å²) in [5.41, 5.74) is 7.27. The minimum absolute atomic E-state index is 0.0132. The van der Waals surface area contributed by atoms with Crippen molar-refractivity contribution in [2.75, 3.05) is 18.1 Å². The Bertz CT molecular complexity index is 1530. The molecule has 11 nitrogen and oxygen atoms in total. The van der Waals surface area contributed by atoms with E-state index in [9.17, 15) is 14.4 Å². The molecule has 2 amide bonds. The third kappa shape index (κ3) is 5.65. The van der Waals surface area contributed by atoms with Crippen LogP contribution in [0.5, 0.6) is 0 Å². The number of terminal acetylenes is 1. The van der Waals surface area contributed by atoms with Crippen molar-refractivity contribution in [1.82, 2.24) is 19.6 Å². The molecule has 0 saturated carbocycles. The molecule has 1 aromatic heterocycles. The second kappa shape index (κ2) is 12.2. The van der Waals surface area contributed by atoms with E-state index in [0.717, 1.165) is 22.7 Å². The van der Waals surface area contributed by atoms with E-state index in [1.165, 1.54) is 16.7 Å². The molecule has 0 aliphatic carbocycles. The van der Waals surface area contributed by atoms with Crippen LogP contribution in [0.1, 0.15) is 30.0 Å². The van der Waals surface area contributed by atoms with Gasteiger partial charge in [0, 0.05) is 22.9 Å². The Labute approximate surface area is 244 Å². The van der Waals surface area contributed by atoms with Gasteiger partial charge in [-0.1, -0.05) is 71.7 Å². The molecule has 2 aliphatic heterocycles. The molecule has 3 aromatic rings. The van der Waals surface area contributed by atoms with Crippen LogP contribution < -0.4 is 11.1 Å². The van der Waals surface area contributed by atoms with Crippen LogP contribution in [0.4, 0.5) is 5.13 Å². The van der Waals surface area contributed by atoms with Crippen LogP contribution in [-0.4, -0.2) is 61.5 Å². The maximum absolute atomic E-state index is 13.7. The Morgan fingerprint density at radius 2 is 1.85 bits per heavy atom. The van der Waals surface area contributed by atoms with Crippen molar-refractivity contribution >= 4 is 51.9 Å². The fraction of sp³-hybridized carbons (Fsp3) is 0.214. The van der Waals surface area contributed by atoms with Crippen LogP contribution in [0.25, 0.3) is 0 Å². The van der Waals surface area contributed by atoms with Gasteiger partial charge in [-0.05, 0) is 18.1 Å². The largest absolute Gasteiger partial charge is 0.448 e. The lowest BCUT2D eigenvalue weighted by atomic mass is 10.0. The molecule has 0 spiro atoms. The molecule has 2 atom stereocenters. The molecule has 5 rings (SSSR count). The van der Waals surface area contributed by atoms with Crippen LogP contribution >= 0.6 is 23.3 Å². The molecule has 1 fully saturated rings. The predicted molar refractivity (Wildman–Crippen MR) is 154 cm³/mol. The first kappa shape index (κ1) is 27.9. The monoisotopic (exact) mass is 588 g/mol. The lowest BCUT2D eigenvalue weighted by Gasteiger charge is -2.49. The Kier molecular flexibility index (Phi) is 8.32. The SMILES string of the molecule is C#CC1=C(C(=O)OC(c2ccccc2)c2ccccc2)N2C(=O)[C@@H](NC(=O)/C(=N\OCC)c3nsc(N)n3)[C@H]2SC1. The average molecular weight is 589 g/mol. The van der Waals surface area contributed by atoms with E-state index in [-0.39, 0.29) is 34.7 Å². The van der Waals surface area contributed by atoms with Crippen molar-refractivity contribution in [2.24, 2.45) is 5.16 Å². The molecule has 1 saturated heterocycles. The Balaban J connectivity index is 1.37. The molecule has 2 aromatic carbocycles. The zero-order valence-corrected chi connectivity index (χ0v) is 23.4. The summed E-state index contributed by atoms with van der Waals surface area (Å²) in [6, 6.07) is 17.6. The number of nitrogens with zero attached hydrogens (tertiary/aromatic N) is 4. The summed E-state index contributed by atoms with van der Waals surface area (Å²) in [6.07, 6.45) is 5.01. The number of hydrogen-bond donors (Lipinski definition) is 2. The predicted octanol–water partition coefficient (Wildman–Crippen LogP) is 2.48. The summed E-state index contributed by atoms with van der Waals surface area (Å²) < 4.78 is 10.0. The summed E-state index contributed by atoms with van der Waals surface area (Å²) >= 11 is 2.22. The van der Waals surface area contributed by atoms with Crippen molar-refractivity contribution in [3.63, 3.8) is 0 Å². The van der Waals surface area contributed by atoms with Gasteiger partial charge >= 0.3 is 5.97 Å². The number of benzene rings is 2. The molecule has 13 heteroatoms. The third-order valence-electron chi connectivity index (χ3n) is 6.21. The topological polar surface area (TPSA) is 149 Å². The van der Waals surface area contributed by atoms with Crippen LogP contribution in [0, 0.1) is 12.3 Å². The lowest BCUT2D eigenvalue weighted by Crippen LogP contribution is -2.71. The highest BCUT2D eigenvalue weighted by atomic mass is 32.2. The minimum Gasteiger partial charge on any atom is -0.448 e. The van der Waals surface area contributed by atoms with Gasteiger partial charge in [0.05, 0.1) is 0 Å². The van der Waals surface area contributed by atoms with E-state index in [1.54, 1.807) is 6.92 Å². The van der Waals surface area contributed by atoms with Gasteiger partial charge in [-0.15, -0.1) is 18.2 Å². The van der Waals surface area contributed by atoms with Crippen LogP contribution in [0.2, 0.25) is 0 Å². The summed E-state index contributed by atoms with van der Waals surface area (Å²) in [6.45, 7) is 1.90. The maximum Gasteiger partial charge on any atom is 0.357 e. The molecule has 41 heavy (non-hydrogen) atoms. The number of hydrogen-bond acceptors (Lipinski definition) is 11. The zero-order valence-electron chi connectivity index (χ0n) is 21.7. The molecule has 0 radical (unpaired) electrons. The Morgan fingerprint density at radius 1 is 1.20 bits per heavy atom. The summed E-state index contributed by atoms with van der Waals surface area (Å²) in [4.78, 5) is 50.5. The summed E-state index contributed by atoms with van der Waals surface area (Å²) in [7, 11) is 0. The summed E-state index contributed by atoms with van der Waals surface area (Å²) in [5.74, 6) is 0.796. The molecule has 0 bridgehead atoms. The number of fused-ring (bicyclic) bond motifs is 1. The molecule has 0 unspecified atom stereocenters. The first-order valence-corrected chi connectivity index (χ1v) is 14.3. The number of nitrogens with two attached hydrogens (primary N) is 1. The number of oxime groups is 1. The van der Waals surface area contributed by atoms with E-state index in [1.807, 2.05) is 60.7 Å². The van der Waals surface area contributed by atoms with Crippen LogP contribution in [0.3, 0.4) is 0 Å². The van der Waals surface area contributed by atoms with Crippen molar-refractivity contribution in [1.29, 1.82) is 0 Å². The number of anilines is 1. The van der Waals surface area contributed by atoms with E-state index in [0.29, 0.717) is 5.57 Å². The number of aromatic nitrogens is 2. The number of ether oxygens (including phenoxy) is 1. The first-order chi connectivity index (χ1) is 19.9. The van der Waals surface area contributed by atoms with Crippen LogP contribution in [-0.2, 0) is 24.0 Å². The third-order valence-corrected chi connectivity index (χ3v) is 8.03. The highest BCUT2D eigenvalue weighted by Crippen LogP contribution is 2.41. The second-order valence-electron chi connectivity index (χ2n) is 8.75. The van der Waals surface area contributed by atoms with Gasteiger partial charge in [0.15, 0.2) is 11.2 Å². The lowest BCUT2D eigenvalue weighted by molar-refractivity contribution is -0.154. The fourth-order valence-electron chi connectivity index (χ4n) is 4.32.